The molecular formula is C26H31F2N5O2. The maximum absolute atomic E-state index is 13.4. The van der Waals surface area contributed by atoms with E-state index in [0.29, 0.717) is 25.2 Å². The molecule has 9 heteroatoms. The molecule has 7 nitrogen and oxygen atoms in total. The number of aromatic nitrogens is 2. The molecule has 1 aromatic heterocycles. The van der Waals surface area contributed by atoms with Crippen LogP contribution in [0.5, 0.6) is 0 Å². The fourth-order valence-corrected chi connectivity index (χ4v) is 3.72. The summed E-state index contributed by atoms with van der Waals surface area (Å²) in [6.45, 7) is 4.23. The fourth-order valence-electron chi connectivity index (χ4n) is 3.72. The summed E-state index contributed by atoms with van der Waals surface area (Å²) in [5, 5.41) is 5.40. The third kappa shape index (κ3) is 8.60. The van der Waals surface area contributed by atoms with Crippen LogP contribution in [0.2, 0.25) is 0 Å². The Kier molecular flexibility index (Phi) is 9.48. The molecule has 35 heavy (non-hydrogen) atoms. The first kappa shape index (κ1) is 26.0. The van der Waals surface area contributed by atoms with E-state index in [9.17, 15) is 18.4 Å². The average Bonchev–Trinajstić information content (AvgIpc) is 3.24. The van der Waals surface area contributed by atoms with E-state index >= 15 is 0 Å². The van der Waals surface area contributed by atoms with Crippen LogP contribution in [0.25, 0.3) is 0 Å². The third-order valence-electron chi connectivity index (χ3n) is 5.44. The van der Waals surface area contributed by atoms with Crippen LogP contribution in [0, 0.1) is 11.6 Å². The lowest BCUT2D eigenvalue weighted by molar-refractivity contribution is -0.126. The number of halogens is 2. The molecule has 0 saturated heterocycles. The zero-order valence-electron chi connectivity index (χ0n) is 20.0. The van der Waals surface area contributed by atoms with Crippen molar-refractivity contribution in [1.82, 2.24) is 19.8 Å². The summed E-state index contributed by atoms with van der Waals surface area (Å²) in [6, 6.07) is 12.4. The van der Waals surface area contributed by atoms with E-state index in [2.05, 4.69) is 32.7 Å². The van der Waals surface area contributed by atoms with Gasteiger partial charge >= 0.3 is 0 Å². The van der Waals surface area contributed by atoms with E-state index in [1.807, 2.05) is 36.7 Å². The Labute approximate surface area is 204 Å². The molecule has 1 heterocycles. The molecular weight excluding hydrogens is 452 g/mol. The third-order valence-corrected chi connectivity index (χ3v) is 5.44. The second kappa shape index (κ2) is 12.8. The second-order valence-corrected chi connectivity index (χ2v) is 8.57. The first-order valence-corrected chi connectivity index (χ1v) is 11.6. The number of carbonyl (C=O) groups is 2. The highest BCUT2D eigenvalue weighted by atomic mass is 19.1. The van der Waals surface area contributed by atoms with Crippen molar-refractivity contribution in [3.63, 3.8) is 0 Å². The molecule has 0 bridgehead atoms. The molecule has 186 valence electrons. The van der Waals surface area contributed by atoms with Crippen molar-refractivity contribution in [1.29, 1.82) is 0 Å². The van der Waals surface area contributed by atoms with Gasteiger partial charge in [-0.1, -0.05) is 43.7 Å². The van der Waals surface area contributed by atoms with Gasteiger partial charge in [-0.15, -0.1) is 0 Å². The first-order chi connectivity index (χ1) is 16.8. The van der Waals surface area contributed by atoms with Gasteiger partial charge in [-0.3, -0.25) is 9.59 Å². The molecule has 0 spiro atoms. The van der Waals surface area contributed by atoms with Gasteiger partial charge in [0.05, 0.1) is 12.7 Å². The van der Waals surface area contributed by atoms with E-state index in [1.54, 1.807) is 12.5 Å². The van der Waals surface area contributed by atoms with E-state index < -0.39 is 29.5 Å². The van der Waals surface area contributed by atoms with Crippen LogP contribution < -0.4 is 10.6 Å². The number of rotatable bonds is 12. The molecule has 0 radical (unpaired) electrons. The molecule has 0 aliphatic rings. The van der Waals surface area contributed by atoms with Crippen molar-refractivity contribution in [2.75, 3.05) is 18.9 Å². The van der Waals surface area contributed by atoms with Gasteiger partial charge in [-0.05, 0) is 36.7 Å². The van der Waals surface area contributed by atoms with E-state index in [1.165, 1.54) is 5.56 Å². The standard InChI is InChI=1S/C26H31F2N5O2/c1-3-7-23(30-25(34)14-20-12-21(27)15-22(28)13-20)26(35)31-24-17-33(18-29-24)11-10-32(2)16-19-8-5-4-6-9-19/h4-6,8-9,12-13,15,17-18,23H,3,7,10-11,14,16H2,1-2H3,(H,30,34)(H,31,35)/t23-/m0/s1. The van der Waals surface area contributed by atoms with Crippen LogP contribution in [0.15, 0.2) is 61.1 Å². The number of hydrogen-bond donors (Lipinski definition) is 2. The molecule has 0 aliphatic carbocycles. The lowest BCUT2D eigenvalue weighted by atomic mass is 10.1. The number of anilines is 1. The van der Waals surface area contributed by atoms with Gasteiger partial charge in [0.2, 0.25) is 11.8 Å². The summed E-state index contributed by atoms with van der Waals surface area (Å²) < 4.78 is 28.7. The molecule has 3 aromatic rings. The number of hydrogen-bond acceptors (Lipinski definition) is 4. The monoisotopic (exact) mass is 483 g/mol. The van der Waals surface area contributed by atoms with Gasteiger partial charge in [-0.25, -0.2) is 13.8 Å². The molecule has 2 N–H and O–H groups in total. The van der Waals surface area contributed by atoms with Crippen molar-refractivity contribution in [2.24, 2.45) is 0 Å². The Morgan fingerprint density at radius 1 is 1.09 bits per heavy atom. The van der Waals surface area contributed by atoms with Crippen molar-refractivity contribution in [3.8, 4) is 0 Å². The second-order valence-electron chi connectivity index (χ2n) is 8.57. The molecule has 0 unspecified atom stereocenters. The Hall–Kier alpha value is -3.59. The van der Waals surface area contributed by atoms with Gasteiger partial charge in [0.1, 0.15) is 17.7 Å². The highest BCUT2D eigenvalue weighted by Gasteiger charge is 2.21. The minimum absolute atomic E-state index is 0.201. The maximum Gasteiger partial charge on any atom is 0.248 e. The summed E-state index contributed by atoms with van der Waals surface area (Å²) in [4.78, 5) is 31.6. The van der Waals surface area contributed by atoms with E-state index in [0.717, 1.165) is 31.3 Å². The van der Waals surface area contributed by atoms with Crippen LogP contribution >= 0.6 is 0 Å². The summed E-state index contributed by atoms with van der Waals surface area (Å²) >= 11 is 0. The number of benzene rings is 2. The highest BCUT2D eigenvalue weighted by molar-refractivity contribution is 5.96. The van der Waals surface area contributed by atoms with Crippen molar-refractivity contribution < 1.29 is 18.4 Å². The maximum atomic E-state index is 13.4. The zero-order chi connectivity index (χ0) is 25.2. The quantitative estimate of drug-likeness (QED) is 0.411. The average molecular weight is 484 g/mol. The Morgan fingerprint density at radius 2 is 1.80 bits per heavy atom. The number of likely N-dealkylation sites (N-methyl/N-ethyl adjacent to an activating group) is 1. The summed E-state index contributed by atoms with van der Waals surface area (Å²) in [5.41, 5.74) is 1.44. The smallest absolute Gasteiger partial charge is 0.248 e. The molecule has 0 fully saturated rings. The Morgan fingerprint density at radius 3 is 2.49 bits per heavy atom. The van der Waals surface area contributed by atoms with Crippen LogP contribution in [0.3, 0.4) is 0 Å². The van der Waals surface area contributed by atoms with Gasteiger partial charge in [0, 0.05) is 31.9 Å². The van der Waals surface area contributed by atoms with Gasteiger partial charge < -0.3 is 20.1 Å². The number of amides is 2. The van der Waals surface area contributed by atoms with Crippen molar-refractivity contribution in [3.05, 3.63) is 83.8 Å². The molecule has 0 saturated carbocycles. The van der Waals surface area contributed by atoms with Crippen LogP contribution in [0.4, 0.5) is 14.6 Å². The molecule has 3 rings (SSSR count). The zero-order valence-corrected chi connectivity index (χ0v) is 20.0. The molecule has 2 amide bonds. The lowest BCUT2D eigenvalue weighted by Gasteiger charge is -2.17. The number of nitrogens with one attached hydrogen (secondary N) is 2. The van der Waals surface area contributed by atoms with Crippen LogP contribution in [-0.2, 0) is 29.1 Å². The lowest BCUT2D eigenvalue weighted by Crippen LogP contribution is -2.44. The summed E-state index contributed by atoms with van der Waals surface area (Å²) in [7, 11) is 2.04. The minimum atomic E-state index is -0.784. The normalized spacial score (nSPS) is 11.9. The van der Waals surface area contributed by atoms with Gasteiger partial charge in [0.25, 0.3) is 0 Å². The van der Waals surface area contributed by atoms with Crippen molar-refractivity contribution in [2.45, 2.75) is 45.3 Å². The topological polar surface area (TPSA) is 79.3 Å². The highest BCUT2D eigenvalue weighted by Crippen LogP contribution is 2.10. The van der Waals surface area contributed by atoms with Crippen LogP contribution in [0.1, 0.15) is 30.9 Å². The van der Waals surface area contributed by atoms with Crippen LogP contribution in [-0.4, -0.2) is 45.9 Å². The summed E-state index contributed by atoms with van der Waals surface area (Å²) in [6.07, 6.45) is 4.25. The Bertz CT molecular complexity index is 1100. The van der Waals surface area contributed by atoms with E-state index in [-0.39, 0.29) is 12.0 Å². The van der Waals surface area contributed by atoms with Gasteiger partial charge in [0.15, 0.2) is 5.82 Å². The Balaban J connectivity index is 1.50. The predicted molar refractivity (Wildman–Crippen MR) is 131 cm³/mol. The largest absolute Gasteiger partial charge is 0.344 e. The molecule has 0 aliphatic heterocycles. The van der Waals surface area contributed by atoms with Crippen molar-refractivity contribution >= 4 is 17.6 Å². The summed E-state index contributed by atoms with van der Waals surface area (Å²) in [5.74, 6) is -1.99. The number of imidazole rings is 1. The fraction of sp³-hybridized carbons (Fsp3) is 0.346. The first-order valence-electron chi connectivity index (χ1n) is 11.6. The number of carbonyl (C=O) groups excluding carboxylic acids is 2. The predicted octanol–water partition coefficient (Wildman–Crippen LogP) is 3.76. The number of nitrogens with zero attached hydrogens (tertiary/aromatic N) is 3. The van der Waals surface area contributed by atoms with Gasteiger partial charge in [-0.2, -0.15) is 0 Å². The molecule has 1 atom stereocenters. The molecule has 2 aromatic carbocycles. The SMILES string of the molecule is CCC[C@H](NC(=O)Cc1cc(F)cc(F)c1)C(=O)Nc1cn(CCN(C)Cc2ccccc2)cn1. The minimum Gasteiger partial charge on any atom is -0.344 e. The van der Waals surface area contributed by atoms with E-state index in [4.69, 9.17) is 0 Å².